The van der Waals surface area contributed by atoms with Gasteiger partial charge in [-0.2, -0.15) is 0 Å². The summed E-state index contributed by atoms with van der Waals surface area (Å²) in [6, 6.07) is 3.82. The number of nitrogens with one attached hydrogen (secondary N) is 1. The van der Waals surface area contributed by atoms with Crippen LogP contribution < -0.4 is 5.32 Å². The first-order valence-electron chi connectivity index (χ1n) is 6.21. The molecule has 0 saturated heterocycles. The number of halogens is 5. The van der Waals surface area contributed by atoms with Gasteiger partial charge in [0.1, 0.15) is 17.5 Å². The zero-order chi connectivity index (χ0) is 15.6. The molecule has 0 aliphatic rings. The van der Waals surface area contributed by atoms with Crippen LogP contribution in [-0.2, 0) is 6.54 Å². The van der Waals surface area contributed by atoms with Crippen molar-refractivity contribution >= 4 is 0 Å². The van der Waals surface area contributed by atoms with Gasteiger partial charge in [-0.05, 0) is 25.1 Å². The standard InChI is InChI=1S/C15H12F5N/c1-8(15-10(16)3-2-4-11(15)17)21-7-9-5-13(19)14(20)6-12(9)18/h2-6,8,21H,7H2,1H3. The van der Waals surface area contributed by atoms with Crippen molar-refractivity contribution in [1.29, 1.82) is 0 Å². The number of hydrogen-bond acceptors (Lipinski definition) is 1. The van der Waals surface area contributed by atoms with Crippen molar-refractivity contribution in [2.75, 3.05) is 0 Å². The summed E-state index contributed by atoms with van der Waals surface area (Å²) in [7, 11) is 0. The Morgan fingerprint density at radius 3 is 2.05 bits per heavy atom. The topological polar surface area (TPSA) is 12.0 Å². The highest BCUT2D eigenvalue weighted by Gasteiger charge is 2.16. The summed E-state index contributed by atoms with van der Waals surface area (Å²) < 4.78 is 66.4. The summed E-state index contributed by atoms with van der Waals surface area (Å²) >= 11 is 0. The van der Waals surface area contributed by atoms with Crippen LogP contribution in [0.2, 0.25) is 0 Å². The van der Waals surface area contributed by atoms with Crippen molar-refractivity contribution in [2.45, 2.75) is 19.5 Å². The molecule has 0 aromatic heterocycles. The fourth-order valence-electron chi connectivity index (χ4n) is 1.99. The van der Waals surface area contributed by atoms with Crippen LogP contribution in [-0.4, -0.2) is 0 Å². The number of rotatable bonds is 4. The number of benzene rings is 2. The monoisotopic (exact) mass is 301 g/mol. The van der Waals surface area contributed by atoms with Crippen molar-refractivity contribution in [3.63, 3.8) is 0 Å². The summed E-state index contributed by atoms with van der Waals surface area (Å²) in [5.74, 6) is -4.87. The molecule has 21 heavy (non-hydrogen) atoms. The maximum atomic E-state index is 13.6. The molecule has 0 saturated carbocycles. The van der Waals surface area contributed by atoms with Crippen LogP contribution in [0.1, 0.15) is 24.1 Å². The van der Waals surface area contributed by atoms with Gasteiger partial charge in [0, 0.05) is 29.8 Å². The largest absolute Gasteiger partial charge is 0.306 e. The zero-order valence-electron chi connectivity index (χ0n) is 11.1. The van der Waals surface area contributed by atoms with E-state index < -0.39 is 35.1 Å². The first kappa shape index (κ1) is 15.4. The lowest BCUT2D eigenvalue weighted by Crippen LogP contribution is -2.21. The normalized spacial score (nSPS) is 12.5. The molecule has 0 aliphatic carbocycles. The Morgan fingerprint density at radius 1 is 0.857 bits per heavy atom. The van der Waals surface area contributed by atoms with Crippen LogP contribution in [0, 0.1) is 29.1 Å². The van der Waals surface area contributed by atoms with Gasteiger partial charge in [0.25, 0.3) is 0 Å². The number of hydrogen-bond donors (Lipinski definition) is 1. The molecule has 112 valence electrons. The first-order chi connectivity index (χ1) is 9.90. The van der Waals surface area contributed by atoms with Gasteiger partial charge < -0.3 is 5.32 Å². The molecular weight excluding hydrogens is 289 g/mol. The van der Waals surface area contributed by atoms with Crippen molar-refractivity contribution < 1.29 is 22.0 Å². The highest BCUT2D eigenvalue weighted by molar-refractivity contribution is 5.24. The average Bonchev–Trinajstić information content (AvgIpc) is 2.41. The summed E-state index contributed by atoms with van der Waals surface area (Å²) in [5, 5.41) is 2.68. The van der Waals surface area contributed by atoms with E-state index in [1.807, 2.05) is 0 Å². The molecule has 0 radical (unpaired) electrons. The minimum Gasteiger partial charge on any atom is -0.306 e. The van der Waals surface area contributed by atoms with Gasteiger partial charge >= 0.3 is 0 Å². The molecule has 1 nitrogen and oxygen atoms in total. The molecule has 0 bridgehead atoms. The molecule has 0 amide bonds. The summed E-state index contributed by atoms with van der Waals surface area (Å²) in [6.07, 6.45) is 0. The Bertz CT molecular complexity index is 637. The van der Waals surface area contributed by atoms with E-state index in [4.69, 9.17) is 0 Å². The van der Waals surface area contributed by atoms with Gasteiger partial charge in [-0.25, -0.2) is 22.0 Å². The first-order valence-corrected chi connectivity index (χ1v) is 6.21. The van der Waals surface area contributed by atoms with Crippen molar-refractivity contribution in [3.8, 4) is 0 Å². The summed E-state index contributed by atoms with van der Waals surface area (Å²) in [6.45, 7) is 1.29. The second-order valence-corrected chi connectivity index (χ2v) is 4.60. The van der Waals surface area contributed by atoms with Crippen LogP contribution in [0.3, 0.4) is 0 Å². The third-order valence-electron chi connectivity index (χ3n) is 3.12. The predicted octanol–water partition coefficient (Wildman–Crippen LogP) is 4.23. The molecule has 1 atom stereocenters. The van der Waals surface area contributed by atoms with Gasteiger partial charge in [0.2, 0.25) is 0 Å². The van der Waals surface area contributed by atoms with Crippen LogP contribution in [0.15, 0.2) is 30.3 Å². The maximum absolute atomic E-state index is 13.6. The smallest absolute Gasteiger partial charge is 0.161 e. The molecule has 0 spiro atoms. The molecule has 6 heteroatoms. The highest BCUT2D eigenvalue weighted by atomic mass is 19.2. The third kappa shape index (κ3) is 3.39. The second kappa shape index (κ2) is 6.22. The van der Waals surface area contributed by atoms with E-state index in [9.17, 15) is 22.0 Å². The molecule has 0 fully saturated rings. The Balaban J connectivity index is 2.15. The molecule has 0 heterocycles. The molecule has 2 aromatic carbocycles. The highest BCUT2D eigenvalue weighted by Crippen LogP contribution is 2.21. The Labute approximate surface area is 118 Å². The van der Waals surface area contributed by atoms with Crippen LogP contribution in [0.25, 0.3) is 0 Å². The van der Waals surface area contributed by atoms with Crippen molar-refractivity contribution in [2.24, 2.45) is 0 Å². The van der Waals surface area contributed by atoms with E-state index >= 15 is 0 Å². The van der Waals surface area contributed by atoms with E-state index in [2.05, 4.69) is 5.32 Å². The molecule has 2 aromatic rings. The lowest BCUT2D eigenvalue weighted by molar-refractivity contribution is 0.468. The Morgan fingerprint density at radius 2 is 1.43 bits per heavy atom. The van der Waals surface area contributed by atoms with Gasteiger partial charge in [0.15, 0.2) is 11.6 Å². The van der Waals surface area contributed by atoms with Gasteiger partial charge in [-0.15, -0.1) is 0 Å². The third-order valence-corrected chi connectivity index (χ3v) is 3.12. The average molecular weight is 301 g/mol. The fourth-order valence-corrected chi connectivity index (χ4v) is 1.99. The molecular formula is C15H12F5N. The Hall–Kier alpha value is -1.95. The minimum atomic E-state index is -1.29. The molecule has 0 aliphatic heterocycles. The zero-order valence-corrected chi connectivity index (χ0v) is 11.1. The van der Waals surface area contributed by atoms with Gasteiger partial charge in [0.05, 0.1) is 0 Å². The van der Waals surface area contributed by atoms with E-state index in [0.29, 0.717) is 12.1 Å². The molecule has 2 rings (SSSR count). The predicted molar refractivity (Wildman–Crippen MR) is 67.9 cm³/mol. The van der Waals surface area contributed by atoms with E-state index in [1.165, 1.54) is 13.0 Å². The SMILES string of the molecule is CC(NCc1cc(F)c(F)cc1F)c1c(F)cccc1F. The van der Waals surface area contributed by atoms with Crippen LogP contribution in [0.4, 0.5) is 22.0 Å². The summed E-state index contributed by atoms with van der Waals surface area (Å²) in [5.41, 5.74) is -0.321. The molecule has 1 N–H and O–H groups in total. The lowest BCUT2D eigenvalue weighted by Gasteiger charge is -2.16. The van der Waals surface area contributed by atoms with Crippen molar-refractivity contribution in [1.82, 2.24) is 5.32 Å². The van der Waals surface area contributed by atoms with E-state index in [-0.39, 0.29) is 17.7 Å². The second-order valence-electron chi connectivity index (χ2n) is 4.60. The lowest BCUT2D eigenvalue weighted by atomic mass is 10.1. The quantitative estimate of drug-likeness (QED) is 0.658. The molecule has 1 unspecified atom stereocenters. The van der Waals surface area contributed by atoms with E-state index in [0.717, 1.165) is 12.1 Å². The van der Waals surface area contributed by atoms with Gasteiger partial charge in [-0.1, -0.05) is 6.07 Å². The van der Waals surface area contributed by atoms with E-state index in [1.54, 1.807) is 0 Å². The maximum Gasteiger partial charge on any atom is 0.161 e. The van der Waals surface area contributed by atoms with Gasteiger partial charge in [-0.3, -0.25) is 0 Å². The van der Waals surface area contributed by atoms with Crippen molar-refractivity contribution in [3.05, 3.63) is 70.5 Å². The summed E-state index contributed by atoms with van der Waals surface area (Å²) in [4.78, 5) is 0. The van der Waals surface area contributed by atoms with Crippen LogP contribution in [0.5, 0.6) is 0 Å². The minimum absolute atomic E-state index is 0.127. The van der Waals surface area contributed by atoms with Crippen LogP contribution >= 0.6 is 0 Å². The fraction of sp³-hybridized carbons (Fsp3) is 0.200. The Kier molecular flexibility index (Phi) is 4.57.